The fourth-order valence-electron chi connectivity index (χ4n) is 4.85. The third-order valence-corrected chi connectivity index (χ3v) is 7.12. The molecule has 0 bridgehead atoms. The third kappa shape index (κ3) is 6.51. The van der Waals surface area contributed by atoms with E-state index in [2.05, 4.69) is 20.6 Å². The summed E-state index contributed by atoms with van der Waals surface area (Å²) in [5.74, 6) is -0.380. The molecule has 204 valence electrons. The number of nitrogens with zero attached hydrogens (tertiary/aromatic N) is 3. The molecule has 1 saturated heterocycles. The minimum absolute atomic E-state index is 0.205. The van der Waals surface area contributed by atoms with Crippen LogP contribution in [0, 0.1) is 0 Å². The van der Waals surface area contributed by atoms with Crippen LogP contribution in [0.4, 0.5) is 14.7 Å². The van der Waals surface area contributed by atoms with E-state index in [4.69, 9.17) is 16.3 Å². The van der Waals surface area contributed by atoms with E-state index in [1.165, 1.54) is 11.1 Å². The van der Waals surface area contributed by atoms with Gasteiger partial charge in [-0.25, -0.2) is 18.7 Å². The number of nitrogens with one attached hydrogen (secondary N) is 2. The Bertz CT molecular complexity index is 1340. The molecule has 2 N–H and O–H groups in total. The molecule has 39 heavy (non-hydrogen) atoms. The van der Waals surface area contributed by atoms with Gasteiger partial charge < -0.3 is 20.3 Å². The molecule has 0 saturated carbocycles. The van der Waals surface area contributed by atoms with E-state index in [1.54, 1.807) is 36.4 Å². The number of carbonyl (C=O) groups excluding carboxylic acids is 2. The predicted octanol–water partition coefficient (Wildman–Crippen LogP) is 4.86. The lowest BCUT2D eigenvalue weighted by Gasteiger charge is -2.23. The van der Waals surface area contributed by atoms with Crippen molar-refractivity contribution in [3.05, 3.63) is 76.4 Å². The van der Waals surface area contributed by atoms with Gasteiger partial charge in [0, 0.05) is 43.3 Å². The maximum Gasteiger partial charge on any atom is 0.254 e. The van der Waals surface area contributed by atoms with Crippen LogP contribution < -0.4 is 10.6 Å². The summed E-state index contributed by atoms with van der Waals surface area (Å²) in [6.45, 7) is 1.35. The minimum atomic E-state index is -2.59. The maximum absolute atomic E-state index is 13.2. The normalized spacial score (nSPS) is 16.3. The van der Waals surface area contributed by atoms with E-state index in [-0.39, 0.29) is 25.0 Å². The molecule has 11 heteroatoms. The highest BCUT2D eigenvalue weighted by atomic mass is 35.5. The molecular weight excluding hydrogens is 528 g/mol. The number of anilines is 1. The van der Waals surface area contributed by atoms with Gasteiger partial charge in [-0.1, -0.05) is 54.1 Å². The highest BCUT2D eigenvalue weighted by Gasteiger charge is 2.30. The molecule has 3 heterocycles. The molecule has 2 aromatic carbocycles. The molecule has 1 unspecified atom stereocenters. The van der Waals surface area contributed by atoms with Crippen LogP contribution in [0.5, 0.6) is 0 Å². The molecule has 0 spiro atoms. The number of carbonyl (C=O) groups is 2. The van der Waals surface area contributed by atoms with Gasteiger partial charge >= 0.3 is 0 Å². The molecular formula is C28H28ClF2N5O3. The molecule has 2 amide bonds. The van der Waals surface area contributed by atoms with E-state index in [0.717, 1.165) is 18.4 Å². The molecule has 1 fully saturated rings. The van der Waals surface area contributed by atoms with Crippen molar-refractivity contribution >= 4 is 29.4 Å². The first kappa shape index (κ1) is 27.0. The lowest BCUT2D eigenvalue weighted by atomic mass is 10.0. The van der Waals surface area contributed by atoms with Gasteiger partial charge in [-0.2, -0.15) is 0 Å². The molecule has 3 aromatic rings. The predicted molar refractivity (Wildman–Crippen MR) is 143 cm³/mol. The van der Waals surface area contributed by atoms with Crippen LogP contribution in [0.3, 0.4) is 0 Å². The Morgan fingerprint density at radius 1 is 1.15 bits per heavy atom. The highest BCUT2D eigenvalue weighted by Crippen LogP contribution is 2.32. The Morgan fingerprint density at radius 2 is 1.92 bits per heavy atom. The standard InChI is InChI=1S/C28H28ClF2N5O3/c29-22-14-32-28(33-20-8-10-39-11-9-20)35-26(22)18-6-7-19-15-36(27(38)21(19)12-18)16-25(37)34-23(13-24(30)31)17-4-2-1-3-5-17/h1-7,12,14,20,23-24H,8-11,13,15-16H2,(H,34,37)(H,32,33,35). The topological polar surface area (TPSA) is 96.5 Å². The van der Waals surface area contributed by atoms with Gasteiger partial charge in [0.2, 0.25) is 18.3 Å². The van der Waals surface area contributed by atoms with Gasteiger partial charge in [0.15, 0.2) is 0 Å². The molecule has 1 aromatic heterocycles. The zero-order valence-electron chi connectivity index (χ0n) is 21.1. The summed E-state index contributed by atoms with van der Waals surface area (Å²) in [7, 11) is 0. The van der Waals surface area contributed by atoms with Crippen LogP contribution in [-0.2, 0) is 16.1 Å². The summed E-state index contributed by atoms with van der Waals surface area (Å²) in [6, 6.07) is 13.3. The second-order valence-corrected chi connectivity index (χ2v) is 10.0. The first-order valence-corrected chi connectivity index (χ1v) is 13.2. The summed E-state index contributed by atoms with van der Waals surface area (Å²) < 4.78 is 31.7. The second-order valence-electron chi connectivity index (χ2n) is 9.61. The fraction of sp³-hybridized carbons (Fsp3) is 0.357. The van der Waals surface area contributed by atoms with Crippen molar-refractivity contribution in [2.24, 2.45) is 0 Å². The number of hydrogen-bond donors (Lipinski definition) is 2. The summed E-state index contributed by atoms with van der Waals surface area (Å²) in [5.41, 5.74) is 2.93. The zero-order chi connectivity index (χ0) is 27.4. The third-order valence-electron chi connectivity index (χ3n) is 6.85. The molecule has 5 rings (SSSR count). The first-order chi connectivity index (χ1) is 18.9. The van der Waals surface area contributed by atoms with Crippen molar-refractivity contribution in [2.45, 2.75) is 44.3 Å². The number of amides is 2. The second kappa shape index (κ2) is 12.0. The Morgan fingerprint density at radius 3 is 2.67 bits per heavy atom. The van der Waals surface area contributed by atoms with Crippen molar-refractivity contribution in [3.8, 4) is 11.3 Å². The van der Waals surface area contributed by atoms with E-state index in [0.29, 0.717) is 46.6 Å². The van der Waals surface area contributed by atoms with Crippen molar-refractivity contribution in [1.82, 2.24) is 20.2 Å². The van der Waals surface area contributed by atoms with Gasteiger partial charge in [-0.3, -0.25) is 9.59 Å². The van der Waals surface area contributed by atoms with Crippen LogP contribution in [0.1, 0.15) is 46.8 Å². The average Bonchev–Trinajstić information content (AvgIpc) is 3.24. The molecule has 0 radical (unpaired) electrons. The minimum Gasteiger partial charge on any atom is -0.381 e. The summed E-state index contributed by atoms with van der Waals surface area (Å²) in [5, 5.41) is 6.33. The van der Waals surface area contributed by atoms with Gasteiger partial charge in [0.25, 0.3) is 5.91 Å². The average molecular weight is 556 g/mol. The van der Waals surface area contributed by atoms with Crippen molar-refractivity contribution < 1.29 is 23.1 Å². The van der Waals surface area contributed by atoms with Crippen LogP contribution in [-0.4, -0.2) is 58.9 Å². The SMILES string of the molecule is O=C(CN1Cc2ccc(-c3nc(NC4CCOCC4)ncc3Cl)cc2C1=O)NC(CC(F)F)c1ccccc1. The summed E-state index contributed by atoms with van der Waals surface area (Å²) in [4.78, 5) is 36.3. The molecule has 0 aliphatic carbocycles. The summed E-state index contributed by atoms with van der Waals surface area (Å²) >= 11 is 6.42. The lowest BCUT2D eigenvalue weighted by molar-refractivity contribution is -0.122. The quantitative estimate of drug-likeness (QED) is 0.392. The van der Waals surface area contributed by atoms with E-state index >= 15 is 0 Å². The Kier molecular flexibility index (Phi) is 8.33. The van der Waals surface area contributed by atoms with E-state index in [9.17, 15) is 18.4 Å². The molecule has 2 aliphatic rings. The van der Waals surface area contributed by atoms with Crippen molar-refractivity contribution in [3.63, 3.8) is 0 Å². The van der Waals surface area contributed by atoms with Crippen molar-refractivity contribution in [1.29, 1.82) is 0 Å². The van der Waals surface area contributed by atoms with Gasteiger partial charge in [-0.05, 0) is 30.0 Å². The van der Waals surface area contributed by atoms with Crippen LogP contribution in [0.15, 0.2) is 54.7 Å². The number of alkyl halides is 2. The Balaban J connectivity index is 1.28. The van der Waals surface area contributed by atoms with Crippen molar-refractivity contribution in [2.75, 3.05) is 25.1 Å². The van der Waals surface area contributed by atoms with Gasteiger partial charge in [-0.15, -0.1) is 0 Å². The highest BCUT2D eigenvalue weighted by molar-refractivity contribution is 6.33. The fourth-order valence-corrected chi connectivity index (χ4v) is 5.06. The van der Waals surface area contributed by atoms with Crippen LogP contribution in [0.2, 0.25) is 5.02 Å². The van der Waals surface area contributed by atoms with Gasteiger partial charge in [0.05, 0.1) is 23.0 Å². The first-order valence-electron chi connectivity index (χ1n) is 12.8. The number of halogens is 3. The number of rotatable bonds is 9. The monoisotopic (exact) mass is 555 g/mol. The summed E-state index contributed by atoms with van der Waals surface area (Å²) in [6.07, 6.45) is 0.129. The van der Waals surface area contributed by atoms with E-state index in [1.807, 2.05) is 12.1 Å². The Hall–Kier alpha value is -3.63. The Labute approximate surface area is 229 Å². The number of ether oxygens (including phenoxy) is 1. The maximum atomic E-state index is 13.2. The molecule has 1 atom stereocenters. The molecule has 2 aliphatic heterocycles. The number of hydrogen-bond acceptors (Lipinski definition) is 6. The molecule has 8 nitrogen and oxygen atoms in total. The largest absolute Gasteiger partial charge is 0.381 e. The van der Waals surface area contributed by atoms with E-state index < -0.39 is 24.8 Å². The zero-order valence-corrected chi connectivity index (χ0v) is 21.8. The van der Waals surface area contributed by atoms with Crippen LogP contribution >= 0.6 is 11.6 Å². The smallest absolute Gasteiger partial charge is 0.254 e. The lowest BCUT2D eigenvalue weighted by Crippen LogP contribution is -2.39. The number of aromatic nitrogens is 2. The number of fused-ring (bicyclic) bond motifs is 1. The number of benzene rings is 2. The van der Waals surface area contributed by atoms with Crippen LogP contribution in [0.25, 0.3) is 11.3 Å². The van der Waals surface area contributed by atoms with Gasteiger partial charge in [0.1, 0.15) is 6.54 Å².